The van der Waals surface area contributed by atoms with E-state index in [4.69, 9.17) is 10.5 Å². The number of anilines is 1. The summed E-state index contributed by atoms with van der Waals surface area (Å²) >= 11 is 0. The lowest BCUT2D eigenvalue weighted by molar-refractivity contribution is 0.0521. The Morgan fingerprint density at radius 3 is 2.60 bits per heavy atom. The molecule has 2 heterocycles. The molecule has 7 nitrogen and oxygen atoms in total. The van der Waals surface area contributed by atoms with Crippen LogP contribution in [0.1, 0.15) is 41.7 Å². The van der Waals surface area contributed by atoms with Gasteiger partial charge in [-0.05, 0) is 60.6 Å². The van der Waals surface area contributed by atoms with Crippen molar-refractivity contribution in [3.63, 3.8) is 0 Å². The number of methoxy groups -OCH3 is 1. The summed E-state index contributed by atoms with van der Waals surface area (Å²) in [6.45, 7) is 1.91. The summed E-state index contributed by atoms with van der Waals surface area (Å²) in [5.74, 6) is -4.24. The van der Waals surface area contributed by atoms with Crippen molar-refractivity contribution in [2.24, 2.45) is 11.7 Å². The number of hydrogen-bond donors (Lipinski definition) is 3. The van der Waals surface area contributed by atoms with Crippen LogP contribution in [0.15, 0.2) is 42.7 Å². The summed E-state index contributed by atoms with van der Waals surface area (Å²) in [5.41, 5.74) is 5.66. The van der Waals surface area contributed by atoms with Crippen LogP contribution in [0.2, 0.25) is 0 Å². The number of rotatable bonds is 5. The molecule has 2 aromatic heterocycles. The van der Waals surface area contributed by atoms with Crippen LogP contribution in [-0.2, 0) is 0 Å². The van der Waals surface area contributed by atoms with Gasteiger partial charge < -0.3 is 20.9 Å². The lowest BCUT2D eigenvalue weighted by Crippen LogP contribution is -2.44. The topological polar surface area (TPSA) is 110 Å². The number of carbonyl (C=O) groups is 1. The average molecular weight is 486 g/mol. The van der Waals surface area contributed by atoms with Crippen LogP contribution in [0.25, 0.3) is 11.3 Å². The number of nitrogens with one attached hydrogen (secondary N) is 1. The Labute approximate surface area is 200 Å². The van der Waals surface area contributed by atoms with Crippen molar-refractivity contribution in [1.29, 1.82) is 0 Å². The van der Waals surface area contributed by atoms with Crippen molar-refractivity contribution >= 4 is 11.6 Å². The van der Waals surface area contributed by atoms with E-state index in [1.807, 2.05) is 6.92 Å². The summed E-state index contributed by atoms with van der Waals surface area (Å²) in [5, 5.41) is 12.9. The molecule has 0 spiro atoms. The van der Waals surface area contributed by atoms with Crippen molar-refractivity contribution < 1.29 is 27.8 Å². The van der Waals surface area contributed by atoms with E-state index < -0.39 is 46.8 Å². The van der Waals surface area contributed by atoms with Gasteiger partial charge in [-0.1, -0.05) is 6.92 Å². The first kappa shape index (κ1) is 24.6. The number of pyridine rings is 2. The van der Waals surface area contributed by atoms with Crippen molar-refractivity contribution in [1.82, 2.24) is 9.97 Å². The standard InChI is InChI=1S/C25H25F3N4O3/c1-12-9-13(10-17(29)24(12)33)14-7-8-30-11-19(14)32-25(34)18-5-3-16(27)23(31-18)21-15(26)4-6-20(35-2)22(21)28/h3-8,11-13,17,24,33H,9-10,29H2,1-2H3,(H,32,34)/t12-,13+,17+,24+/m1/s1. The van der Waals surface area contributed by atoms with Gasteiger partial charge in [-0.2, -0.15) is 0 Å². The Balaban J connectivity index is 1.65. The van der Waals surface area contributed by atoms with Gasteiger partial charge in [-0.15, -0.1) is 0 Å². The number of amides is 1. The highest BCUT2D eigenvalue weighted by molar-refractivity contribution is 6.03. The Morgan fingerprint density at radius 1 is 1.14 bits per heavy atom. The summed E-state index contributed by atoms with van der Waals surface area (Å²) in [7, 11) is 1.19. The number of halogens is 3. The average Bonchev–Trinajstić information content (AvgIpc) is 2.83. The second kappa shape index (κ2) is 10.0. The number of benzene rings is 1. The fourth-order valence-electron chi connectivity index (χ4n) is 4.53. The maximum atomic E-state index is 14.7. The number of aromatic nitrogens is 2. The fourth-order valence-corrected chi connectivity index (χ4v) is 4.53. The molecule has 35 heavy (non-hydrogen) atoms. The number of ether oxygens (including phenoxy) is 1. The molecular weight excluding hydrogens is 461 g/mol. The Bertz CT molecular complexity index is 1240. The Kier molecular flexibility index (Phi) is 7.04. The predicted molar refractivity (Wildman–Crippen MR) is 123 cm³/mol. The molecule has 4 N–H and O–H groups in total. The summed E-state index contributed by atoms with van der Waals surface area (Å²) in [4.78, 5) is 21.0. The highest BCUT2D eigenvalue weighted by Crippen LogP contribution is 2.39. The molecule has 3 aromatic rings. The van der Waals surface area contributed by atoms with Gasteiger partial charge in [-0.3, -0.25) is 9.78 Å². The first-order valence-electron chi connectivity index (χ1n) is 11.1. The van der Waals surface area contributed by atoms with Crippen LogP contribution in [0.5, 0.6) is 5.75 Å². The van der Waals surface area contributed by atoms with Gasteiger partial charge >= 0.3 is 0 Å². The van der Waals surface area contributed by atoms with E-state index in [1.54, 1.807) is 12.3 Å². The molecule has 0 aliphatic heterocycles. The molecule has 4 rings (SSSR count). The predicted octanol–water partition coefficient (Wildman–Crippen LogP) is 4.02. The quantitative estimate of drug-likeness (QED) is 0.503. The van der Waals surface area contributed by atoms with Gasteiger partial charge in [0, 0.05) is 12.2 Å². The molecule has 1 aromatic carbocycles. The van der Waals surface area contributed by atoms with Crippen molar-refractivity contribution in [3.8, 4) is 17.0 Å². The van der Waals surface area contributed by atoms with Crippen LogP contribution in [0.3, 0.4) is 0 Å². The highest BCUT2D eigenvalue weighted by Gasteiger charge is 2.34. The molecule has 1 fully saturated rings. The normalized spacial score (nSPS) is 22.0. The molecule has 0 radical (unpaired) electrons. The zero-order chi connectivity index (χ0) is 25.3. The minimum atomic E-state index is -1.13. The van der Waals surface area contributed by atoms with E-state index in [0.717, 1.165) is 29.8 Å². The van der Waals surface area contributed by atoms with E-state index in [9.17, 15) is 23.1 Å². The molecule has 184 valence electrons. The minimum absolute atomic E-state index is 0.0292. The number of carbonyl (C=O) groups excluding carboxylic acids is 1. The SMILES string of the molecule is COc1ccc(F)c(-c2nc(C(=O)Nc3cnccc3[C@H]3C[C@@H](C)[C@H](O)[C@@H](N)C3)ccc2F)c1F. The van der Waals surface area contributed by atoms with E-state index in [1.165, 1.54) is 13.3 Å². The number of nitrogens with zero attached hydrogens (tertiary/aromatic N) is 2. The Hall–Kier alpha value is -3.50. The monoisotopic (exact) mass is 486 g/mol. The number of nitrogens with two attached hydrogens (primary N) is 1. The third kappa shape index (κ3) is 4.85. The molecule has 1 aliphatic carbocycles. The Morgan fingerprint density at radius 2 is 1.89 bits per heavy atom. The van der Waals surface area contributed by atoms with Gasteiger partial charge in [0.2, 0.25) is 0 Å². The van der Waals surface area contributed by atoms with Crippen LogP contribution < -0.4 is 15.8 Å². The second-order valence-corrected chi connectivity index (χ2v) is 8.68. The zero-order valence-electron chi connectivity index (χ0n) is 19.1. The van der Waals surface area contributed by atoms with Gasteiger partial charge in [0.15, 0.2) is 11.6 Å². The van der Waals surface area contributed by atoms with E-state index in [0.29, 0.717) is 18.5 Å². The van der Waals surface area contributed by atoms with E-state index in [-0.39, 0.29) is 23.3 Å². The number of aliphatic hydroxyl groups is 1. The second-order valence-electron chi connectivity index (χ2n) is 8.68. The van der Waals surface area contributed by atoms with Gasteiger partial charge in [0.1, 0.15) is 23.0 Å². The van der Waals surface area contributed by atoms with Crippen LogP contribution in [0, 0.1) is 23.4 Å². The molecule has 10 heteroatoms. The number of hydrogen-bond acceptors (Lipinski definition) is 6. The third-order valence-corrected chi connectivity index (χ3v) is 6.37. The summed E-state index contributed by atoms with van der Waals surface area (Å²) < 4.78 is 48.5. The molecular formula is C25H25F3N4O3. The molecule has 0 unspecified atom stereocenters. The molecule has 4 atom stereocenters. The zero-order valence-corrected chi connectivity index (χ0v) is 19.1. The lowest BCUT2D eigenvalue weighted by Gasteiger charge is -2.36. The highest BCUT2D eigenvalue weighted by atomic mass is 19.1. The third-order valence-electron chi connectivity index (χ3n) is 6.37. The molecule has 0 saturated heterocycles. The minimum Gasteiger partial charge on any atom is -0.494 e. The van der Waals surface area contributed by atoms with E-state index >= 15 is 0 Å². The fraction of sp³-hybridized carbons (Fsp3) is 0.320. The molecule has 1 saturated carbocycles. The van der Waals surface area contributed by atoms with Crippen molar-refractivity contribution in [2.75, 3.05) is 12.4 Å². The van der Waals surface area contributed by atoms with Crippen molar-refractivity contribution in [3.05, 3.63) is 71.4 Å². The number of aliphatic hydroxyl groups excluding tert-OH is 1. The van der Waals surface area contributed by atoms with Gasteiger partial charge in [-0.25, -0.2) is 18.2 Å². The molecule has 0 bridgehead atoms. The molecule has 1 amide bonds. The van der Waals surface area contributed by atoms with Gasteiger partial charge in [0.25, 0.3) is 5.91 Å². The van der Waals surface area contributed by atoms with Gasteiger partial charge in [0.05, 0.1) is 30.7 Å². The maximum absolute atomic E-state index is 14.7. The largest absolute Gasteiger partial charge is 0.494 e. The maximum Gasteiger partial charge on any atom is 0.274 e. The summed E-state index contributed by atoms with van der Waals surface area (Å²) in [6, 6.07) is 5.40. The van der Waals surface area contributed by atoms with Crippen molar-refractivity contribution in [2.45, 2.75) is 37.8 Å². The van der Waals surface area contributed by atoms with Crippen LogP contribution in [-0.4, -0.2) is 40.2 Å². The van der Waals surface area contributed by atoms with Crippen LogP contribution >= 0.6 is 0 Å². The van der Waals surface area contributed by atoms with Crippen LogP contribution in [0.4, 0.5) is 18.9 Å². The molecule has 1 aliphatic rings. The smallest absolute Gasteiger partial charge is 0.274 e. The first-order chi connectivity index (χ1) is 16.7. The van der Waals surface area contributed by atoms with E-state index in [2.05, 4.69) is 15.3 Å². The lowest BCUT2D eigenvalue weighted by atomic mass is 9.74. The summed E-state index contributed by atoms with van der Waals surface area (Å²) in [6.07, 6.45) is 3.64. The first-order valence-corrected chi connectivity index (χ1v) is 11.1.